The van der Waals surface area contributed by atoms with Crippen molar-refractivity contribution in [1.82, 2.24) is 9.55 Å². The van der Waals surface area contributed by atoms with E-state index < -0.39 is 24.1 Å². The molecule has 94 valence electrons. The van der Waals surface area contributed by atoms with Crippen molar-refractivity contribution in [3.63, 3.8) is 0 Å². The summed E-state index contributed by atoms with van der Waals surface area (Å²) in [5.41, 5.74) is 4.86. The van der Waals surface area contributed by atoms with E-state index in [9.17, 15) is 9.90 Å². The molecule has 4 N–H and O–H groups in total. The van der Waals surface area contributed by atoms with Crippen molar-refractivity contribution in [2.75, 3.05) is 12.3 Å². The molecule has 0 unspecified atom stereocenters. The van der Waals surface area contributed by atoms with Crippen LogP contribution < -0.4 is 11.4 Å². The molecule has 8 heteroatoms. The first-order valence-corrected chi connectivity index (χ1v) is 5.81. The number of nitrogens with zero attached hydrogens (tertiary/aromatic N) is 2. The number of aliphatic hydroxyl groups is 2. The molecule has 0 spiro atoms. The summed E-state index contributed by atoms with van der Waals surface area (Å²) in [6.45, 7) is -0.299. The Morgan fingerprint density at radius 3 is 2.94 bits per heavy atom. The van der Waals surface area contributed by atoms with Gasteiger partial charge in [0, 0.05) is 12.5 Å². The molecular formula is C9H12BrN3O4. The summed E-state index contributed by atoms with van der Waals surface area (Å²) in [7, 11) is 0. The molecule has 1 fully saturated rings. The molecule has 1 aromatic heterocycles. The van der Waals surface area contributed by atoms with E-state index in [0.29, 0.717) is 4.60 Å². The Kier molecular flexibility index (Phi) is 3.48. The Balaban J connectivity index is 2.34. The quantitative estimate of drug-likeness (QED) is 0.619. The smallest absolute Gasteiger partial charge is 0.352 e. The van der Waals surface area contributed by atoms with E-state index >= 15 is 0 Å². The van der Waals surface area contributed by atoms with Crippen LogP contribution in [0.1, 0.15) is 12.6 Å². The van der Waals surface area contributed by atoms with Crippen molar-refractivity contribution < 1.29 is 14.9 Å². The maximum absolute atomic E-state index is 11.7. The predicted octanol–water partition coefficient (Wildman–Crippen LogP) is -0.771. The fourth-order valence-electron chi connectivity index (χ4n) is 1.78. The second-order valence-electron chi connectivity index (χ2n) is 3.77. The first-order chi connectivity index (χ1) is 8.02. The van der Waals surface area contributed by atoms with Crippen LogP contribution in [0.4, 0.5) is 5.82 Å². The highest BCUT2D eigenvalue weighted by atomic mass is 79.9. The Morgan fingerprint density at radius 1 is 1.71 bits per heavy atom. The van der Waals surface area contributed by atoms with Crippen molar-refractivity contribution >= 4 is 21.7 Å². The van der Waals surface area contributed by atoms with Gasteiger partial charge in [-0.2, -0.15) is 4.98 Å². The van der Waals surface area contributed by atoms with Gasteiger partial charge in [-0.1, -0.05) is 0 Å². The van der Waals surface area contributed by atoms with Crippen molar-refractivity contribution in [3.8, 4) is 0 Å². The molecule has 0 aromatic carbocycles. The van der Waals surface area contributed by atoms with Crippen LogP contribution in [0, 0.1) is 0 Å². The van der Waals surface area contributed by atoms with Crippen LogP contribution in [0.15, 0.2) is 15.5 Å². The third-order valence-corrected chi connectivity index (χ3v) is 3.21. The highest BCUT2D eigenvalue weighted by Gasteiger charge is 2.35. The monoisotopic (exact) mass is 305 g/mol. The fourth-order valence-corrected chi connectivity index (χ4v) is 2.39. The van der Waals surface area contributed by atoms with Crippen molar-refractivity contribution in [3.05, 3.63) is 21.2 Å². The van der Waals surface area contributed by atoms with Crippen molar-refractivity contribution in [2.24, 2.45) is 0 Å². The maximum Gasteiger partial charge on any atom is 0.352 e. The average Bonchev–Trinajstić information content (AvgIpc) is 2.57. The third kappa shape index (κ3) is 2.34. The number of hydrogen-bond acceptors (Lipinski definition) is 6. The summed E-state index contributed by atoms with van der Waals surface area (Å²) >= 11 is 3.19. The molecule has 17 heavy (non-hydrogen) atoms. The van der Waals surface area contributed by atoms with E-state index in [2.05, 4.69) is 20.9 Å². The summed E-state index contributed by atoms with van der Waals surface area (Å²) in [5.74, 6) is 0.107. The van der Waals surface area contributed by atoms with Gasteiger partial charge in [0.05, 0.1) is 17.3 Å². The minimum Gasteiger partial charge on any atom is -0.394 e. The molecule has 0 aliphatic carbocycles. The van der Waals surface area contributed by atoms with Crippen LogP contribution in [-0.4, -0.2) is 38.6 Å². The number of ether oxygens (including phenoxy) is 1. The van der Waals surface area contributed by atoms with E-state index in [1.807, 2.05) is 0 Å². The standard InChI is InChI=1S/C9H12BrN3O4/c10-6-2-7(11)12-9(16)13(6)8-1-4(15)5(3-14)17-8/h2,4-5,8,14-15H,1,3H2,(H2,11,12,16)/t4-,5+,8+/m0/s1. The first-order valence-electron chi connectivity index (χ1n) is 5.02. The Bertz CT molecular complexity index is 478. The number of aliphatic hydroxyl groups excluding tert-OH is 2. The lowest BCUT2D eigenvalue weighted by atomic mass is 10.2. The highest BCUT2D eigenvalue weighted by molar-refractivity contribution is 9.10. The second-order valence-corrected chi connectivity index (χ2v) is 4.58. The number of aromatic nitrogens is 2. The first kappa shape index (κ1) is 12.5. The SMILES string of the molecule is Nc1cc(Br)n([C@H]2C[C@H](O)[C@@H](CO)O2)c(=O)n1. The summed E-state index contributed by atoms with van der Waals surface area (Å²) in [6, 6.07) is 1.48. The molecule has 0 bridgehead atoms. The van der Waals surface area contributed by atoms with Gasteiger partial charge in [-0.3, -0.25) is 4.57 Å². The van der Waals surface area contributed by atoms with Crippen LogP contribution in [0.25, 0.3) is 0 Å². The highest BCUT2D eigenvalue weighted by Crippen LogP contribution is 2.29. The van der Waals surface area contributed by atoms with Gasteiger partial charge in [0.25, 0.3) is 0 Å². The van der Waals surface area contributed by atoms with E-state index in [1.54, 1.807) is 0 Å². The molecule has 7 nitrogen and oxygen atoms in total. The second kappa shape index (κ2) is 4.73. The third-order valence-electron chi connectivity index (χ3n) is 2.60. The summed E-state index contributed by atoms with van der Waals surface area (Å²) in [5, 5.41) is 18.6. The Hall–Kier alpha value is -0.960. The minimum absolute atomic E-state index is 0.107. The molecule has 1 saturated heterocycles. The lowest BCUT2D eigenvalue weighted by Gasteiger charge is -2.16. The predicted molar refractivity (Wildman–Crippen MR) is 62.2 cm³/mol. The number of nitrogen functional groups attached to an aromatic ring is 1. The molecule has 0 saturated carbocycles. The molecular weight excluding hydrogens is 294 g/mol. The molecule has 1 aliphatic rings. The zero-order valence-electron chi connectivity index (χ0n) is 8.78. The van der Waals surface area contributed by atoms with Crippen molar-refractivity contribution in [1.29, 1.82) is 0 Å². The zero-order valence-corrected chi connectivity index (χ0v) is 10.4. The summed E-state index contributed by atoms with van der Waals surface area (Å²) in [6.07, 6.45) is -1.93. The molecule has 0 radical (unpaired) electrons. The summed E-state index contributed by atoms with van der Waals surface area (Å²) in [4.78, 5) is 15.3. The van der Waals surface area contributed by atoms with Crippen LogP contribution in [0.3, 0.4) is 0 Å². The number of halogens is 1. The Labute approximate surface area is 105 Å². The van der Waals surface area contributed by atoms with Crippen LogP contribution in [0.5, 0.6) is 0 Å². The molecule has 2 heterocycles. The van der Waals surface area contributed by atoms with Crippen LogP contribution >= 0.6 is 15.9 Å². The van der Waals surface area contributed by atoms with Crippen molar-refractivity contribution in [2.45, 2.75) is 24.9 Å². The molecule has 1 aliphatic heterocycles. The Morgan fingerprint density at radius 2 is 2.41 bits per heavy atom. The number of anilines is 1. The fraction of sp³-hybridized carbons (Fsp3) is 0.556. The van der Waals surface area contributed by atoms with Gasteiger partial charge < -0.3 is 20.7 Å². The lowest BCUT2D eigenvalue weighted by molar-refractivity contribution is -0.0466. The number of rotatable bonds is 2. The van der Waals surface area contributed by atoms with Crippen LogP contribution in [-0.2, 0) is 4.74 Å². The van der Waals surface area contributed by atoms with Gasteiger partial charge in [-0.25, -0.2) is 4.79 Å². The molecule has 3 atom stereocenters. The normalized spacial score (nSPS) is 28.5. The number of hydrogen-bond donors (Lipinski definition) is 3. The van der Waals surface area contributed by atoms with Gasteiger partial charge in [-0.05, 0) is 15.9 Å². The van der Waals surface area contributed by atoms with E-state index in [4.69, 9.17) is 15.6 Å². The van der Waals surface area contributed by atoms with Gasteiger partial charge in [0.1, 0.15) is 18.1 Å². The molecule has 0 amide bonds. The van der Waals surface area contributed by atoms with Gasteiger partial charge in [-0.15, -0.1) is 0 Å². The van der Waals surface area contributed by atoms with Crippen LogP contribution in [0.2, 0.25) is 0 Å². The van der Waals surface area contributed by atoms with Gasteiger partial charge >= 0.3 is 5.69 Å². The van der Waals surface area contributed by atoms with E-state index in [-0.39, 0.29) is 18.8 Å². The zero-order chi connectivity index (χ0) is 12.6. The van der Waals surface area contributed by atoms with Gasteiger partial charge in [0.2, 0.25) is 0 Å². The minimum atomic E-state index is -0.804. The average molecular weight is 306 g/mol. The largest absolute Gasteiger partial charge is 0.394 e. The molecule has 1 aromatic rings. The topological polar surface area (TPSA) is 111 Å². The van der Waals surface area contributed by atoms with E-state index in [0.717, 1.165) is 0 Å². The summed E-state index contributed by atoms with van der Waals surface area (Å²) < 4.78 is 7.03. The molecule has 2 rings (SSSR count). The lowest BCUT2D eigenvalue weighted by Crippen LogP contribution is -2.29. The maximum atomic E-state index is 11.7. The van der Waals surface area contributed by atoms with E-state index in [1.165, 1.54) is 10.6 Å². The van der Waals surface area contributed by atoms with Gasteiger partial charge in [0.15, 0.2) is 0 Å². The number of nitrogens with two attached hydrogens (primary N) is 1.